The highest BCUT2D eigenvalue weighted by Crippen LogP contribution is 2.22. The summed E-state index contributed by atoms with van der Waals surface area (Å²) in [6.45, 7) is 2.20. The number of pyridine rings is 1. The molecule has 0 aliphatic rings. The fourth-order valence-corrected chi connectivity index (χ4v) is 2.89. The summed E-state index contributed by atoms with van der Waals surface area (Å²) in [7, 11) is 0. The number of aromatic nitrogens is 5. The zero-order valence-electron chi connectivity index (χ0n) is 14.0. The predicted molar refractivity (Wildman–Crippen MR) is 94.0 cm³/mol. The van der Waals surface area contributed by atoms with Crippen molar-refractivity contribution in [3.63, 3.8) is 0 Å². The number of carbonyl (C=O) groups excluding carboxylic acids is 1. The Bertz CT molecular complexity index is 1160. The minimum absolute atomic E-state index is 0.145. The van der Waals surface area contributed by atoms with Crippen LogP contribution in [-0.4, -0.2) is 37.0 Å². The van der Waals surface area contributed by atoms with Crippen LogP contribution in [0.15, 0.2) is 53.5 Å². The molecule has 0 aliphatic carbocycles. The molecule has 0 aliphatic heterocycles. The molecule has 1 aromatic carbocycles. The molecule has 0 unspecified atom stereocenters. The fourth-order valence-electron chi connectivity index (χ4n) is 2.89. The molecule has 0 atom stereocenters. The highest BCUT2D eigenvalue weighted by Gasteiger charge is 2.24. The lowest BCUT2D eigenvalue weighted by atomic mass is 10.2. The first-order valence-corrected chi connectivity index (χ1v) is 8.14. The molecule has 130 valence electrons. The van der Waals surface area contributed by atoms with E-state index in [2.05, 4.69) is 15.3 Å². The molecular weight excluding hydrogens is 334 g/mol. The number of hydrogen-bond donors (Lipinski definition) is 0. The van der Waals surface area contributed by atoms with E-state index in [0.717, 1.165) is 5.56 Å². The Morgan fingerprint density at radius 3 is 2.73 bits per heavy atom. The van der Waals surface area contributed by atoms with Gasteiger partial charge in [0.05, 0.1) is 18.7 Å². The van der Waals surface area contributed by atoms with Crippen LogP contribution in [0.3, 0.4) is 0 Å². The van der Waals surface area contributed by atoms with Crippen molar-refractivity contribution in [3.8, 4) is 0 Å². The van der Waals surface area contributed by atoms with Crippen LogP contribution in [0.25, 0.3) is 16.7 Å². The number of hydrogen-bond acceptors (Lipinski definition) is 6. The van der Waals surface area contributed by atoms with E-state index in [1.807, 2.05) is 30.3 Å². The first-order valence-electron chi connectivity index (χ1n) is 8.14. The van der Waals surface area contributed by atoms with Crippen LogP contribution >= 0.6 is 0 Å². The zero-order chi connectivity index (χ0) is 18.1. The lowest BCUT2D eigenvalue weighted by Gasteiger charge is -2.05. The largest absolute Gasteiger partial charge is 0.462 e. The third kappa shape index (κ3) is 2.52. The molecule has 4 aromatic rings. The van der Waals surface area contributed by atoms with Crippen LogP contribution in [-0.2, 0) is 11.3 Å². The topological polar surface area (TPSA) is 91.4 Å². The van der Waals surface area contributed by atoms with E-state index in [4.69, 9.17) is 4.74 Å². The summed E-state index contributed by atoms with van der Waals surface area (Å²) in [5.74, 6) is -0.576. The molecule has 4 rings (SSSR count). The van der Waals surface area contributed by atoms with Crippen LogP contribution in [0.4, 0.5) is 0 Å². The number of esters is 1. The van der Waals surface area contributed by atoms with Crippen molar-refractivity contribution in [2.24, 2.45) is 0 Å². The van der Waals surface area contributed by atoms with Crippen LogP contribution in [0.5, 0.6) is 0 Å². The number of fused-ring (bicyclic) bond motifs is 3. The summed E-state index contributed by atoms with van der Waals surface area (Å²) in [5, 5.41) is 8.11. The molecule has 0 amide bonds. The van der Waals surface area contributed by atoms with E-state index in [1.165, 1.54) is 9.08 Å². The Kier molecular flexibility index (Phi) is 3.92. The summed E-state index contributed by atoms with van der Waals surface area (Å²) >= 11 is 0. The van der Waals surface area contributed by atoms with Crippen molar-refractivity contribution in [2.75, 3.05) is 6.61 Å². The Balaban J connectivity index is 1.96. The maximum absolute atomic E-state index is 13.0. The molecule has 0 radical (unpaired) electrons. The normalized spacial score (nSPS) is 11.1. The molecule has 0 saturated heterocycles. The van der Waals surface area contributed by atoms with Gasteiger partial charge < -0.3 is 4.74 Å². The number of rotatable bonds is 4. The summed E-state index contributed by atoms with van der Waals surface area (Å²) in [4.78, 5) is 29.6. The van der Waals surface area contributed by atoms with Gasteiger partial charge >= 0.3 is 11.7 Å². The third-order valence-electron chi connectivity index (χ3n) is 4.01. The summed E-state index contributed by atoms with van der Waals surface area (Å²) in [6, 6.07) is 12.9. The van der Waals surface area contributed by atoms with Crippen molar-refractivity contribution in [2.45, 2.75) is 13.5 Å². The second kappa shape index (κ2) is 6.40. The average Bonchev–Trinajstić information content (AvgIpc) is 3.00. The first-order chi connectivity index (χ1) is 12.7. The van der Waals surface area contributed by atoms with E-state index in [9.17, 15) is 9.59 Å². The van der Waals surface area contributed by atoms with Crippen molar-refractivity contribution < 1.29 is 9.53 Å². The van der Waals surface area contributed by atoms with Gasteiger partial charge in [-0.15, -0.1) is 5.10 Å². The van der Waals surface area contributed by atoms with Crippen LogP contribution in [0.1, 0.15) is 22.8 Å². The predicted octanol–water partition coefficient (Wildman–Crippen LogP) is 1.66. The smallest absolute Gasteiger partial charge is 0.352 e. The Morgan fingerprint density at radius 2 is 1.96 bits per heavy atom. The van der Waals surface area contributed by atoms with Crippen LogP contribution in [0, 0.1) is 0 Å². The standard InChI is InChI=1S/C18H15N5O3/c1-2-26-17(24)14-15-13(9-6-10-19-15)23-16(14)20-21-22(18(23)25)11-12-7-4-3-5-8-12/h3-10H,2,11H2,1H3. The summed E-state index contributed by atoms with van der Waals surface area (Å²) in [6.07, 6.45) is 1.56. The minimum Gasteiger partial charge on any atom is -0.462 e. The van der Waals surface area contributed by atoms with Gasteiger partial charge in [-0.3, -0.25) is 4.98 Å². The molecule has 26 heavy (non-hydrogen) atoms. The summed E-state index contributed by atoms with van der Waals surface area (Å²) in [5.41, 5.74) is 1.68. The van der Waals surface area contributed by atoms with Gasteiger partial charge in [-0.05, 0) is 24.6 Å². The second-order valence-electron chi connectivity index (χ2n) is 5.64. The minimum atomic E-state index is -0.576. The van der Waals surface area contributed by atoms with E-state index >= 15 is 0 Å². The van der Waals surface area contributed by atoms with Gasteiger partial charge in [0.2, 0.25) is 0 Å². The zero-order valence-corrected chi connectivity index (χ0v) is 14.0. The SMILES string of the molecule is CCOC(=O)c1c2ncccc2n2c(=O)n(Cc3ccccc3)nnc12. The molecule has 3 heterocycles. The van der Waals surface area contributed by atoms with E-state index in [0.29, 0.717) is 11.0 Å². The number of carbonyl (C=O) groups is 1. The Hall–Kier alpha value is -3.55. The molecule has 8 nitrogen and oxygen atoms in total. The molecule has 0 bridgehead atoms. The second-order valence-corrected chi connectivity index (χ2v) is 5.64. The first kappa shape index (κ1) is 15.9. The van der Waals surface area contributed by atoms with Gasteiger partial charge in [0.25, 0.3) is 0 Å². The lowest BCUT2D eigenvalue weighted by Crippen LogP contribution is -2.30. The van der Waals surface area contributed by atoms with Gasteiger partial charge in [0, 0.05) is 6.20 Å². The van der Waals surface area contributed by atoms with Gasteiger partial charge in [-0.1, -0.05) is 35.5 Å². The number of benzene rings is 1. The Labute approximate surface area is 147 Å². The molecule has 0 N–H and O–H groups in total. The quantitative estimate of drug-likeness (QED) is 0.521. The molecule has 3 aromatic heterocycles. The number of ether oxygens (including phenoxy) is 1. The maximum Gasteiger partial charge on any atom is 0.352 e. The van der Waals surface area contributed by atoms with Crippen molar-refractivity contribution in [1.29, 1.82) is 0 Å². The highest BCUT2D eigenvalue weighted by molar-refractivity contribution is 6.09. The van der Waals surface area contributed by atoms with Crippen LogP contribution in [0.2, 0.25) is 0 Å². The average molecular weight is 349 g/mol. The van der Waals surface area contributed by atoms with Gasteiger partial charge in [0.15, 0.2) is 5.65 Å². The Morgan fingerprint density at radius 1 is 1.15 bits per heavy atom. The third-order valence-corrected chi connectivity index (χ3v) is 4.01. The monoisotopic (exact) mass is 349 g/mol. The lowest BCUT2D eigenvalue weighted by molar-refractivity contribution is 0.0530. The molecule has 0 fully saturated rings. The van der Waals surface area contributed by atoms with E-state index in [-0.39, 0.29) is 24.4 Å². The van der Waals surface area contributed by atoms with Gasteiger partial charge in [-0.25, -0.2) is 14.0 Å². The molecule has 0 saturated carbocycles. The van der Waals surface area contributed by atoms with Crippen molar-refractivity contribution in [1.82, 2.24) is 24.4 Å². The molecular formula is C18H15N5O3. The fraction of sp³-hybridized carbons (Fsp3) is 0.167. The highest BCUT2D eigenvalue weighted by atomic mass is 16.5. The van der Waals surface area contributed by atoms with Gasteiger partial charge in [-0.2, -0.15) is 4.68 Å². The number of nitrogens with zero attached hydrogens (tertiary/aromatic N) is 5. The molecule has 8 heteroatoms. The van der Waals surface area contributed by atoms with E-state index in [1.54, 1.807) is 25.3 Å². The summed E-state index contributed by atoms with van der Waals surface area (Å²) < 4.78 is 7.70. The maximum atomic E-state index is 13.0. The van der Waals surface area contributed by atoms with E-state index < -0.39 is 11.7 Å². The molecule has 0 spiro atoms. The van der Waals surface area contributed by atoms with Crippen molar-refractivity contribution >= 4 is 22.6 Å². The van der Waals surface area contributed by atoms with Crippen molar-refractivity contribution in [3.05, 3.63) is 70.3 Å². The van der Waals surface area contributed by atoms with Gasteiger partial charge in [0.1, 0.15) is 11.1 Å². The van der Waals surface area contributed by atoms with Crippen LogP contribution < -0.4 is 5.69 Å².